The molecule has 0 spiro atoms. The molecule has 0 rings (SSSR count). The van der Waals surface area contributed by atoms with Crippen molar-refractivity contribution < 1.29 is 39.6 Å². The molecular formula is C15H31VW-. The molecule has 0 saturated carbocycles. The summed E-state index contributed by atoms with van der Waals surface area (Å²) in [6.45, 7) is 15.6. The zero-order valence-electron chi connectivity index (χ0n) is 12.6. The first-order valence-electron chi connectivity index (χ1n) is 6.24. The van der Waals surface area contributed by atoms with E-state index in [0.717, 1.165) is 17.8 Å². The van der Waals surface area contributed by atoms with Crippen molar-refractivity contribution in [2.75, 3.05) is 0 Å². The summed E-state index contributed by atoms with van der Waals surface area (Å²) >= 11 is 0. The SMILES string of the molecule is [CH2-]C(C)C(CC)C([CH-][C@H](C)CC)CC.[CH3-].[V].[W+2]. The van der Waals surface area contributed by atoms with Gasteiger partial charge in [-0.1, -0.05) is 59.8 Å². The van der Waals surface area contributed by atoms with Gasteiger partial charge in [-0.2, -0.15) is 17.8 Å². The second-order valence-corrected chi connectivity index (χ2v) is 4.70. The third kappa shape index (κ3) is 10.8. The molecule has 0 saturated heterocycles. The minimum atomic E-state index is 0. The maximum Gasteiger partial charge on any atom is 2.00 e. The molecule has 0 aliphatic heterocycles. The van der Waals surface area contributed by atoms with Gasteiger partial charge in [-0.3, -0.25) is 0 Å². The molecular weight excluding hydrogens is 415 g/mol. The Morgan fingerprint density at radius 3 is 1.71 bits per heavy atom. The van der Waals surface area contributed by atoms with Gasteiger partial charge in [0.1, 0.15) is 0 Å². The molecule has 0 aliphatic rings. The van der Waals surface area contributed by atoms with Crippen molar-refractivity contribution in [3.63, 3.8) is 0 Å². The molecule has 0 aromatic rings. The molecule has 0 bridgehead atoms. The van der Waals surface area contributed by atoms with Crippen molar-refractivity contribution in [3.8, 4) is 0 Å². The molecule has 0 nitrogen and oxygen atoms in total. The number of hydrogen-bond donors (Lipinski definition) is 0. The van der Waals surface area contributed by atoms with E-state index in [1.807, 2.05) is 0 Å². The van der Waals surface area contributed by atoms with E-state index in [0.29, 0.717) is 5.92 Å². The fourth-order valence-electron chi connectivity index (χ4n) is 2.27. The molecule has 1 radical (unpaired) electrons. The van der Waals surface area contributed by atoms with E-state index in [9.17, 15) is 0 Å². The average molecular weight is 446 g/mol. The zero-order chi connectivity index (χ0) is 11.1. The van der Waals surface area contributed by atoms with E-state index in [4.69, 9.17) is 0 Å². The van der Waals surface area contributed by atoms with Gasteiger partial charge in [0.2, 0.25) is 0 Å². The van der Waals surface area contributed by atoms with Crippen LogP contribution in [0.4, 0.5) is 0 Å². The van der Waals surface area contributed by atoms with Crippen molar-refractivity contribution in [3.05, 3.63) is 20.8 Å². The standard InChI is InChI=1S/C14H28.CH3.V.W/c1-7-12(6)10-13(8-2)14(9-3)11(4)5;;;/h10-14H,4,7-9H2,1-3,5-6H3;1H3;;/q-2;-1;;+2/t11?,12-,13?,14?;;;/m1.../s1. The fourth-order valence-corrected chi connectivity index (χ4v) is 2.27. The summed E-state index contributed by atoms with van der Waals surface area (Å²) in [7, 11) is 0. The van der Waals surface area contributed by atoms with Gasteiger partial charge < -0.3 is 20.8 Å². The Hall–Kier alpha value is 1.27. The third-order valence-electron chi connectivity index (χ3n) is 3.44. The summed E-state index contributed by atoms with van der Waals surface area (Å²) in [6, 6.07) is 0. The Morgan fingerprint density at radius 2 is 1.47 bits per heavy atom. The van der Waals surface area contributed by atoms with Gasteiger partial charge in [0.15, 0.2) is 0 Å². The van der Waals surface area contributed by atoms with E-state index in [-0.39, 0.29) is 47.0 Å². The van der Waals surface area contributed by atoms with Gasteiger partial charge in [0, 0.05) is 18.6 Å². The monoisotopic (exact) mass is 446 g/mol. The van der Waals surface area contributed by atoms with Crippen LogP contribution in [0.2, 0.25) is 0 Å². The van der Waals surface area contributed by atoms with Gasteiger partial charge in [-0.15, -0.1) is 0 Å². The van der Waals surface area contributed by atoms with Gasteiger partial charge >= 0.3 is 21.1 Å². The van der Waals surface area contributed by atoms with Crippen LogP contribution >= 0.6 is 0 Å². The van der Waals surface area contributed by atoms with Crippen LogP contribution in [0.5, 0.6) is 0 Å². The van der Waals surface area contributed by atoms with Crippen LogP contribution in [0, 0.1) is 44.4 Å². The Balaban J connectivity index is -0.000000282. The first kappa shape index (κ1) is 26.8. The van der Waals surface area contributed by atoms with Crippen LogP contribution in [0.15, 0.2) is 0 Å². The molecule has 0 aromatic carbocycles. The van der Waals surface area contributed by atoms with Crippen LogP contribution in [0.1, 0.15) is 53.9 Å². The normalized spacial score (nSPS) is 16.6. The average Bonchev–Trinajstić information content (AvgIpc) is 2.16. The predicted molar refractivity (Wildman–Crippen MR) is 72.3 cm³/mol. The molecule has 0 aromatic heterocycles. The van der Waals surface area contributed by atoms with Crippen LogP contribution in [0.25, 0.3) is 0 Å². The molecule has 4 atom stereocenters. The van der Waals surface area contributed by atoms with Gasteiger partial charge in [-0.25, -0.2) is 0 Å². The maximum atomic E-state index is 4.19. The van der Waals surface area contributed by atoms with Crippen molar-refractivity contribution in [1.29, 1.82) is 0 Å². The fraction of sp³-hybridized carbons (Fsp3) is 0.800. The Kier molecular flexibility index (Phi) is 24.1. The summed E-state index contributed by atoms with van der Waals surface area (Å²) in [5.41, 5.74) is 0. The van der Waals surface area contributed by atoms with Crippen LogP contribution < -0.4 is 0 Å². The van der Waals surface area contributed by atoms with Crippen molar-refractivity contribution in [1.82, 2.24) is 0 Å². The molecule has 0 fully saturated rings. The Bertz CT molecular complexity index is 137. The minimum Gasteiger partial charge on any atom is -0.358 e. The van der Waals surface area contributed by atoms with Crippen molar-refractivity contribution in [2.24, 2.45) is 23.7 Å². The summed E-state index contributed by atoms with van der Waals surface area (Å²) in [5, 5.41) is 0. The Labute approximate surface area is 137 Å². The van der Waals surface area contributed by atoms with Crippen molar-refractivity contribution >= 4 is 0 Å². The van der Waals surface area contributed by atoms with Crippen LogP contribution in [0.3, 0.4) is 0 Å². The van der Waals surface area contributed by atoms with Gasteiger partial charge in [0.25, 0.3) is 0 Å². The summed E-state index contributed by atoms with van der Waals surface area (Å²) in [4.78, 5) is 0. The van der Waals surface area contributed by atoms with Crippen LogP contribution in [-0.2, 0) is 39.6 Å². The topological polar surface area (TPSA) is 0 Å². The molecule has 2 heteroatoms. The molecule has 103 valence electrons. The first-order chi connectivity index (χ1) is 6.56. The van der Waals surface area contributed by atoms with E-state index in [1.165, 1.54) is 19.3 Å². The van der Waals surface area contributed by atoms with E-state index in [2.05, 4.69) is 48.0 Å². The maximum absolute atomic E-state index is 4.19. The van der Waals surface area contributed by atoms with Gasteiger partial charge in [-0.05, 0) is 0 Å². The van der Waals surface area contributed by atoms with E-state index < -0.39 is 0 Å². The molecule has 17 heavy (non-hydrogen) atoms. The Morgan fingerprint density at radius 1 is 1.00 bits per heavy atom. The smallest absolute Gasteiger partial charge is 0.358 e. The second-order valence-electron chi connectivity index (χ2n) is 4.70. The molecule has 0 amide bonds. The number of rotatable bonds is 7. The molecule has 0 N–H and O–H groups in total. The summed E-state index contributed by atoms with van der Waals surface area (Å²) in [6.07, 6.45) is 6.34. The number of hydrogen-bond acceptors (Lipinski definition) is 0. The molecule has 3 unspecified atom stereocenters. The quantitative estimate of drug-likeness (QED) is 0.472. The van der Waals surface area contributed by atoms with Gasteiger partial charge in [0.05, 0.1) is 0 Å². The molecule has 0 aliphatic carbocycles. The van der Waals surface area contributed by atoms with Crippen molar-refractivity contribution in [2.45, 2.75) is 53.9 Å². The van der Waals surface area contributed by atoms with E-state index in [1.54, 1.807) is 0 Å². The first-order valence-corrected chi connectivity index (χ1v) is 6.24. The zero-order valence-corrected chi connectivity index (χ0v) is 16.9. The summed E-state index contributed by atoms with van der Waals surface area (Å²) in [5.74, 6) is 2.87. The second kappa shape index (κ2) is 15.3. The largest absolute Gasteiger partial charge is 2.00 e. The predicted octanol–water partition coefficient (Wildman–Crippen LogP) is 5.20. The summed E-state index contributed by atoms with van der Waals surface area (Å²) < 4.78 is 0. The molecule has 0 heterocycles. The third-order valence-corrected chi connectivity index (χ3v) is 3.44. The minimum absolute atomic E-state index is 0. The van der Waals surface area contributed by atoms with E-state index >= 15 is 0 Å². The van der Waals surface area contributed by atoms with Crippen LogP contribution in [-0.4, -0.2) is 0 Å².